The third kappa shape index (κ3) is 65.4. The Balaban J connectivity index is 5.20. The van der Waals surface area contributed by atoms with E-state index >= 15 is 0 Å². The zero-order valence-electron chi connectivity index (χ0n) is 59.9. The van der Waals surface area contributed by atoms with E-state index in [0.717, 1.165) is 102 Å². The van der Waals surface area contributed by atoms with Crippen LogP contribution in [0.5, 0.6) is 0 Å². The van der Waals surface area contributed by atoms with Crippen LogP contribution in [0.1, 0.15) is 375 Å². The number of carbonyl (C=O) groups is 4. The standard InChI is InChI=1S/C73H142O17P2/c1-7-10-12-14-16-29-37-43-49-55-70(75)83-61-68(89-72(77)57-51-45-39-30-17-15-13-11-8-2)63-87-91(79,80)85-59-67(74)60-86-92(81,82)88-64-69(62-84-71(76)56-50-44-38-33-27-24-20-21-25-31-35-41-47-53-65(4)5)90-73(78)58-52-46-40-34-28-23-19-18-22-26-32-36-42-48-54-66(6)9-3/h65-69,74H,7-64H2,1-6H3,(H,79,80)(H,81,82)/t66?,67-,68+,69+/m0/s1. The molecule has 0 spiro atoms. The average molecular weight is 1350 g/mol. The van der Waals surface area contributed by atoms with Gasteiger partial charge < -0.3 is 33.8 Å². The number of phosphoric ester groups is 2. The highest BCUT2D eigenvalue weighted by atomic mass is 31.2. The smallest absolute Gasteiger partial charge is 0.462 e. The van der Waals surface area contributed by atoms with Gasteiger partial charge in [-0.05, 0) is 37.5 Å². The van der Waals surface area contributed by atoms with Crippen molar-refractivity contribution in [3.63, 3.8) is 0 Å². The van der Waals surface area contributed by atoms with Crippen LogP contribution in [0.3, 0.4) is 0 Å². The van der Waals surface area contributed by atoms with E-state index in [9.17, 15) is 43.2 Å². The Morgan fingerprint density at radius 2 is 0.554 bits per heavy atom. The number of hydrogen-bond donors (Lipinski definition) is 3. The maximum Gasteiger partial charge on any atom is 0.472 e. The largest absolute Gasteiger partial charge is 0.472 e. The molecule has 17 nitrogen and oxygen atoms in total. The highest BCUT2D eigenvalue weighted by molar-refractivity contribution is 7.47. The topological polar surface area (TPSA) is 237 Å². The summed E-state index contributed by atoms with van der Waals surface area (Å²) in [5.74, 6) is -0.485. The van der Waals surface area contributed by atoms with Crippen molar-refractivity contribution in [1.29, 1.82) is 0 Å². The molecule has 0 aromatic rings. The number of phosphoric acid groups is 2. The molecule has 92 heavy (non-hydrogen) atoms. The molecule has 0 saturated carbocycles. The summed E-state index contributed by atoms with van der Waals surface area (Å²) in [6.07, 6.45) is 51.3. The van der Waals surface area contributed by atoms with E-state index in [1.807, 2.05) is 0 Å². The first-order chi connectivity index (χ1) is 44.4. The van der Waals surface area contributed by atoms with Gasteiger partial charge in [0.15, 0.2) is 12.2 Å². The van der Waals surface area contributed by atoms with Crippen molar-refractivity contribution < 1.29 is 80.2 Å². The summed E-state index contributed by atoms with van der Waals surface area (Å²) in [5, 5.41) is 10.6. The number of ether oxygens (including phenoxy) is 4. The number of aliphatic hydroxyl groups is 1. The van der Waals surface area contributed by atoms with Gasteiger partial charge in [0, 0.05) is 25.7 Å². The van der Waals surface area contributed by atoms with Gasteiger partial charge in [-0.1, -0.05) is 324 Å². The van der Waals surface area contributed by atoms with Crippen molar-refractivity contribution in [2.75, 3.05) is 39.6 Å². The first-order valence-electron chi connectivity index (χ1n) is 38.0. The fourth-order valence-corrected chi connectivity index (χ4v) is 12.7. The zero-order chi connectivity index (χ0) is 67.9. The molecule has 3 N–H and O–H groups in total. The monoisotopic (exact) mass is 1350 g/mol. The summed E-state index contributed by atoms with van der Waals surface area (Å²) in [4.78, 5) is 72.6. The van der Waals surface area contributed by atoms with E-state index in [2.05, 4.69) is 41.5 Å². The van der Waals surface area contributed by atoms with E-state index in [0.29, 0.717) is 25.7 Å². The number of aliphatic hydroxyl groups excluding tert-OH is 1. The molecule has 0 heterocycles. The van der Waals surface area contributed by atoms with Crippen molar-refractivity contribution >= 4 is 39.5 Å². The Hall–Kier alpha value is -1.94. The highest BCUT2D eigenvalue weighted by Gasteiger charge is 2.30. The van der Waals surface area contributed by atoms with Crippen LogP contribution in [-0.2, 0) is 65.4 Å². The van der Waals surface area contributed by atoms with E-state index in [1.54, 1.807) is 0 Å². The summed E-state index contributed by atoms with van der Waals surface area (Å²) < 4.78 is 68.3. The molecule has 3 unspecified atom stereocenters. The lowest BCUT2D eigenvalue weighted by molar-refractivity contribution is -0.161. The number of carbonyl (C=O) groups excluding carboxylic acids is 4. The van der Waals surface area contributed by atoms with Crippen LogP contribution in [0, 0.1) is 11.8 Å². The van der Waals surface area contributed by atoms with Crippen molar-refractivity contribution in [3.05, 3.63) is 0 Å². The SMILES string of the molecule is CCCCCCCCCCCC(=O)OC[C@H](COP(=O)(O)OC[C@H](O)COP(=O)(O)OC[C@@H](COC(=O)CCCCCCCCCCCCCCCC(C)C)OC(=O)CCCCCCCCCCCCCCCCC(C)CC)OC(=O)CCCCCCCCCCC. The molecule has 546 valence electrons. The summed E-state index contributed by atoms with van der Waals surface area (Å²) in [5.41, 5.74) is 0. The fourth-order valence-electron chi connectivity index (χ4n) is 11.1. The Morgan fingerprint density at radius 3 is 0.826 bits per heavy atom. The second-order valence-electron chi connectivity index (χ2n) is 27.1. The van der Waals surface area contributed by atoms with Crippen LogP contribution < -0.4 is 0 Å². The van der Waals surface area contributed by atoms with Gasteiger partial charge in [-0.25, -0.2) is 9.13 Å². The Kier molecular flexibility index (Phi) is 63.7. The number of rotatable bonds is 72. The molecule has 0 aliphatic heterocycles. The van der Waals surface area contributed by atoms with Gasteiger partial charge in [0.05, 0.1) is 26.4 Å². The molecular formula is C73H142O17P2. The summed E-state index contributed by atoms with van der Waals surface area (Å²) >= 11 is 0. The quantitative estimate of drug-likeness (QED) is 0.0222. The van der Waals surface area contributed by atoms with Crippen molar-refractivity contribution in [2.24, 2.45) is 11.8 Å². The molecule has 0 aromatic carbocycles. The van der Waals surface area contributed by atoms with E-state index in [1.165, 1.54) is 193 Å². The van der Waals surface area contributed by atoms with E-state index in [-0.39, 0.29) is 25.7 Å². The minimum absolute atomic E-state index is 0.106. The zero-order valence-corrected chi connectivity index (χ0v) is 61.6. The Bertz CT molecular complexity index is 1790. The van der Waals surface area contributed by atoms with Crippen LogP contribution in [0.25, 0.3) is 0 Å². The van der Waals surface area contributed by atoms with Crippen molar-refractivity contribution in [2.45, 2.75) is 394 Å². The van der Waals surface area contributed by atoms with Crippen LogP contribution in [0.4, 0.5) is 0 Å². The molecule has 0 radical (unpaired) electrons. The van der Waals surface area contributed by atoms with Gasteiger partial charge in [0.1, 0.15) is 19.3 Å². The molecule has 0 rings (SSSR count). The second kappa shape index (κ2) is 65.0. The summed E-state index contributed by atoms with van der Waals surface area (Å²) in [6.45, 7) is 9.61. The van der Waals surface area contributed by atoms with Gasteiger partial charge in [0.2, 0.25) is 0 Å². The van der Waals surface area contributed by atoms with Gasteiger partial charge in [0.25, 0.3) is 0 Å². The highest BCUT2D eigenvalue weighted by Crippen LogP contribution is 2.45. The molecule has 6 atom stereocenters. The molecular weight excluding hydrogens is 1210 g/mol. The number of unbranched alkanes of at least 4 members (excludes halogenated alkanes) is 41. The van der Waals surface area contributed by atoms with Crippen LogP contribution >= 0.6 is 15.6 Å². The number of esters is 4. The maximum atomic E-state index is 13.1. The molecule has 0 bridgehead atoms. The predicted octanol–water partition coefficient (Wildman–Crippen LogP) is 21.2. The molecule has 0 aliphatic rings. The molecule has 0 amide bonds. The fraction of sp³-hybridized carbons (Fsp3) is 0.945. The molecule has 0 fully saturated rings. The Labute approximate surface area is 562 Å². The van der Waals surface area contributed by atoms with Crippen LogP contribution in [0.15, 0.2) is 0 Å². The average Bonchev–Trinajstić information content (AvgIpc) is 3.66. The third-order valence-corrected chi connectivity index (χ3v) is 19.2. The molecule has 0 saturated heterocycles. The predicted molar refractivity (Wildman–Crippen MR) is 372 cm³/mol. The normalized spacial score (nSPS) is 14.4. The second-order valence-corrected chi connectivity index (χ2v) is 30.0. The summed E-state index contributed by atoms with van der Waals surface area (Å²) in [6, 6.07) is 0. The summed E-state index contributed by atoms with van der Waals surface area (Å²) in [7, 11) is -9.90. The minimum atomic E-state index is -4.95. The Morgan fingerprint density at radius 1 is 0.315 bits per heavy atom. The maximum absolute atomic E-state index is 13.1. The van der Waals surface area contributed by atoms with Crippen molar-refractivity contribution in [1.82, 2.24) is 0 Å². The van der Waals surface area contributed by atoms with Crippen LogP contribution in [0.2, 0.25) is 0 Å². The van der Waals surface area contributed by atoms with E-state index < -0.39 is 97.5 Å². The molecule has 0 aliphatic carbocycles. The molecule has 19 heteroatoms. The third-order valence-electron chi connectivity index (χ3n) is 17.3. The van der Waals surface area contributed by atoms with Gasteiger partial charge in [-0.2, -0.15) is 0 Å². The van der Waals surface area contributed by atoms with E-state index in [4.69, 9.17) is 37.0 Å². The van der Waals surface area contributed by atoms with Crippen molar-refractivity contribution in [3.8, 4) is 0 Å². The van der Waals surface area contributed by atoms with Gasteiger partial charge in [-0.3, -0.25) is 37.3 Å². The lowest BCUT2D eigenvalue weighted by Gasteiger charge is -2.21. The number of hydrogen-bond acceptors (Lipinski definition) is 15. The van der Waals surface area contributed by atoms with Crippen LogP contribution in [-0.4, -0.2) is 96.7 Å². The first-order valence-corrected chi connectivity index (χ1v) is 41.0. The first kappa shape index (κ1) is 90.1. The lowest BCUT2D eigenvalue weighted by atomic mass is 9.99. The minimum Gasteiger partial charge on any atom is -0.462 e. The molecule has 0 aromatic heterocycles. The van der Waals surface area contributed by atoms with Gasteiger partial charge >= 0.3 is 39.5 Å². The van der Waals surface area contributed by atoms with Gasteiger partial charge in [-0.15, -0.1) is 0 Å². The lowest BCUT2D eigenvalue weighted by Crippen LogP contribution is -2.30.